The smallest absolute Gasteiger partial charge is 0.195 e. The summed E-state index contributed by atoms with van der Waals surface area (Å²) in [6.45, 7) is 0. The fraction of sp³-hybridized carbons (Fsp3) is 0.250. The van der Waals surface area contributed by atoms with Gasteiger partial charge in [0.25, 0.3) is 0 Å². The van der Waals surface area contributed by atoms with Crippen LogP contribution in [-0.2, 0) is 0 Å². The lowest BCUT2D eigenvalue weighted by Crippen LogP contribution is -1.87. The molecule has 2 aromatic heterocycles. The van der Waals surface area contributed by atoms with Gasteiger partial charge in [-0.1, -0.05) is 17.8 Å². The zero-order valence-corrected chi connectivity index (χ0v) is 8.63. The van der Waals surface area contributed by atoms with Gasteiger partial charge in [0, 0.05) is 11.9 Å². The van der Waals surface area contributed by atoms with Crippen LogP contribution >= 0.6 is 24.4 Å². The van der Waals surface area contributed by atoms with Crippen LogP contribution in [0.2, 0.25) is 0 Å². The molecule has 0 N–H and O–H groups in total. The number of nitrogens with zero attached hydrogens (tertiary/aromatic N) is 3. The fourth-order valence-electron chi connectivity index (χ4n) is 1.05. The van der Waals surface area contributed by atoms with Crippen molar-refractivity contribution in [3.8, 4) is 0 Å². The number of fused-ring (bicyclic) bond motifs is 1. The lowest BCUT2D eigenvalue weighted by Gasteiger charge is -1.96. The van der Waals surface area contributed by atoms with Gasteiger partial charge in [-0.2, -0.15) is 12.6 Å². The largest absolute Gasteiger partial charge is 0.277 e. The Morgan fingerprint density at radius 2 is 2.31 bits per heavy atom. The van der Waals surface area contributed by atoms with Gasteiger partial charge in [0.2, 0.25) is 0 Å². The van der Waals surface area contributed by atoms with Crippen LogP contribution in [0.4, 0.5) is 0 Å². The molecule has 68 valence electrons. The Bertz CT molecular complexity index is 399. The van der Waals surface area contributed by atoms with Gasteiger partial charge in [-0.25, -0.2) is 0 Å². The molecule has 2 heterocycles. The van der Waals surface area contributed by atoms with E-state index < -0.39 is 0 Å². The topological polar surface area (TPSA) is 30.2 Å². The van der Waals surface area contributed by atoms with E-state index >= 15 is 0 Å². The number of thioether (sulfide) groups is 1. The maximum atomic E-state index is 4.15. The van der Waals surface area contributed by atoms with E-state index in [9.17, 15) is 0 Å². The van der Waals surface area contributed by atoms with E-state index in [2.05, 4.69) is 22.8 Å². The predicted molar refractivity (Wildman–Crippen MR) is 57.6 cm³/mol. The van der Waals surface area contributed by atoms with Crippen molar-refractivity contribution in [2.75, 3.05) is 11.5 Å². The highest BCUT2D eigenvalue weighted by Crippen LogP contribution is 2.16. The quantitative estimate of drug-likeness (QED) is 0.619. The molecule has 0 fully saturated rings. The van der Waals surface area contributed by atoms with Crippen molar-refractivity contribution >= 4 is 30.0 Å². The number of aromatic nitrogens is 3. The van der Waals surface area contributed by atoms with Gasteiger partial charge in [0.05, 0.1) is 0 Å². The first-order valence-electron chi connectivity index (χ1n) is 3.95. The van der Waals surface area contributed by atoms with Crippen LogP contribution < -0.4 is 0 Å². The van der Waals surface area contributed by atoms with Crippen molar-refractivity contribution in [2.24, 2.45) is 0 Å². The SMILES string of the molecule is SCCSc1nnc2ccccn12. The van der Waals surface area contributed by atoms with Crippen LogP contribution in [0.15, 0.2) is 29.6 Å². The third kappa shape index (κ3) is 1.81. The highest BCUT2D eigenvalue weighted by atomic mass is 32.2. The molecule has 0 amide bonds. The molecule has 0 radical (unpaired) electrons. The average molecular weight is 211 g/mol. The van der Waals surface area contributed by atoms with E-state index in [0.29, 0.717) is 0 Å². The van der Waals surface area contributed by atoms with Crippen molar-refractivity contribution in [1.82, 2.24) is 14.6 Å². The summed E-state index contributed by atoms with van der Waals surface area (Å²) >= 11 is 5.82. The molecule has 0 spiro atoms. The normalized spacial score (nSPS) is 10.8. The Kier molecular flexibility index (Phi) is 2.75. The van der Waals surface area contributed by atoms with Gasteiger partial charge in [-0.05, 0) is 17.9 Å². The highest BCUT2D eigenvalue weighted by molar-refractivity contribution is 7.99. The zero-order valence-electron chi connectivity index (χ0n) is 6.92. The first-order valence-corrected chi connectivity index (χ1v) is 5.57. The first kappa shape index (κ1) is 8.90. The first-order chi connectivity index (χ1) is 6.42. The third-order valence-electron chi connectivity index (χ3n) is 1.60. The van der Waals surface area contributed by atoms with Crippen molar-refractivity contribution in [3.05, 3.63) is 24.4 Å². The summed E-state index contributed by atoms with van der Waals surface area (Å²) in [5.41, 5.74) is 0.893. The summed E-state index contributed by atoms with van der Waals surface area (Å²) in [5.74, 6) is 1.81. The van der Waals surface area contributed by atoms with Gasteiger partial charge >= 0.3 is 0 Å². The molecular formula is C8H9N3S2. The van der Waals surface area contributed by atoms with Crippen molar-refractivity contribution in [2.45, 2.75) is 5.16 Å². The summed E-state index contributed by atoms with van der Waals surface area (Å²) in [4.78, 5) is 0. The van der Waals surface area contributed by atoms with Gasteiger partial charge in [-0.15, -0.1) is 10.2 Å². The monoisotopic (exact) mass is 211 g/mol. The maximum absolute atomic E-state index is 4.15. The van der Waals surface area contributed by atoms with E-state index in [1.807, 2.05) is 28.8 Å². The predicted octanol–water partition coefficient (Wildman–Crippen LogP) is 1.75. The molecule has 5 heteroatoms. The van der Waals surface area contributed by atoms with E-state index in [1.165, 1.54) is 0 Å². The summed E-state index contributed by atoms with van der Waals surface area (Å²) in [5, 5.41) is 9.05. The van der Waals surface area contributed by atoms with Gasteiger partial charge < -0.3 is 0 Å². The number of thiol groups is 1. The molecule has 0 bridgehead atoms. The van der Waals surface area contributed by atoms with Crippen LogP contribution in [0.3, 0.4) is 0 Å². The average Bonchev–Trinajstić information content (AvgIpc) is 2.58. The maximum Gasteiger partial charge on any atom is 0.195 e. The molecule has 3 nitrogen and oxygen atoms in total. The molecule has 2 aromatic rings. The molecule has 0 aliphatic heterocycles. The third-order valence-corrected chi connectivity index (χ3v) is 3.08. The van der Waals surface area contributed by atoms with E-state index in [-0.39, 0.29) is 0 Å². The second-order valence-corrected chi connectivity index (χ2v) is 3.99. The Morgan fingerprint density at radius 1 is 1.38 bits per heavy atom. The molecule has 0 aliphatic carbocycles. The molecule has 0 aliphatic rings. The minimum atomic E-state index is 0.854. The minimum absolute atomic E-state index is 0.854. The summed E-state index contributed by atoms with van der Waals surface area (Å²) in [6.07, 6.45) is 1.97. The van der Waals surface area contributed by atoms with E-state index in [4.69, 9.17) is 0 Å². The Balaban J connectivity index is 2.35. The van der Waals surface area contributed by atoms with Crippen LogP contribution in [0, 0.1) is 0 Å². The zero-order chi connectivity index (χ0) is 9.10. The second-order valence-electron chi connectivity index (χ2n) is 2.48. The van der Waals surface area contributed by atoms with E-state index in [0.717, 1.165) is 22.3 Å². The van der Waals surface area contributed by atoms with E-state index in [1.54, 1.807) is 11.8 Å². The standard InChI is InChI=1S/C8H9N3S2/c12-5-6-13-8-10-9-7-3-1-2-4-11(7)8/h1-4,12H,5-6H2. The highest BCUT2D eigenvalue weighted by Gasteiger charge is 2.02. The Morgan fingerprint density at radius 3 is 3.15 bits per heavy atom. The van der Waals surface area contributed by atoms with Gasteiger partial charge in [-0.3, -0.25) is 4.40 Å². The van der Waals surface area contributed by atoms with Crippen LogP contribution in [0.5, 0.6) is 0 Å². The lowest BCUT2D eigenvalue weighted by molar-refractivity contribution is 0.922. The number of pyridine rings is 1. The molecule has 0 saturated heterocycles. The van der Waals surface area contributed by atoms with Gasteiger partial charge in [0.1, 0.15) is 0 Å². The number of hydrogen-bond acceptors (Lipinski definition) is 4. The molecular weight excluding hydrogens is 202 g/mol. The summed E-state index contributed by atoms with van der Waals surface area (Å²) < 4.78 is 1.98. The number of rotatable bonds is 3. The van der Waals surface area contributed by atoms with Crippen LogP contribution in [-0.4, -0.2) is 26.1 Å². The Labute approximate surface area is 86.0 Å². The van der Waals surface area contributed by atoms with Crippen LogP contribution in [0.1, 0.15) is 0 Å². The summed E-state index contributed by atoms with van der Waals surface area (Å²) in [7, 11) is 0. The molecule has 13 heavy (non-hydrogen) atoms. The molecule has 0 aromatic carbocycles. The molecule has 2 rings (SSSR count). The summed E-state index contributed by atoms with van der Waals surface area (Å²) in [6, 6.07) is 5.87. The molecule has 0 saturated carbocycles. The Hall–Kier alpha value is -0.680. The molecule has 0 atom stereocenters. The lowest BCUT2D eigenvalue weighted by atomic mass is 10.5. The molecule has 0 unspecified atom stereocenters. The van der Waals surface area contributed by atoms with Crippen molar-refractivity contribution < 1.29 is 0 Å². The second kappa shape index (κ2) is 4.02. The van der Waals surface area contributed by atoms with Crippen LogP contribution in [0.25, 0.3) is 5.65 Å². The number of hydrogen-bond donors (Lipinski definition) is 1. The minimum Gasteiger partial charge on any atom is -0.277 e. The fourth-order valence-corrected chi connectivity index (χ4v) is 1.99. The van der Waals surface area contributed by atoms with Crippen molar-refractivity contribution in [3.63, 3.8) is 0 Å². The van der Waals surface area contributed by atoms with Gasteiger partial charge in [0.15, 0.2) is 10.8 Å². The van der Waals surface area contributed by atoms with Crippen molar-refractivity contribution in [1.29, 1.82) is 0 Å².